The van der Waals surface area contributed by atoms with Gasteiger partial charge in [0, 0.05) is 18.9 Å². The molecule has 0 spiro atoms. The van der Waals surface area contributed by atoms with Crippen LogP contribution in [0.4, 0.5) is 0 Å². The zero-order valence-electron chi connectivity index (χ0n) is 11.6. The highest BCUT2D eigenvalue weighted by Gasteiger charge is 2.24. The van der Waals surface area contributed by atoms with E-state index >= 15 is 0 Å². The lowest BCUT2D eigenvalue weighted by Crippen LogP contribution is -2.50. The van der Waals surface area contributed by atoms with E-state index in [1.807, 2.05) is 0 Å². The number of aromatic nitrogens is 1. The van der Waals surface area contributed by atoms with Crippen molar-refractivity contribution in [2.75, 3.05) is 0 Å². The number of primary amides is 1. The minimum Gasteiger partial charge on any atom is -0.480 e. The summed E-state index contributed by atoms with van der Waals surface area (Å²) in [6, 6.07) is 1.66. The first kappa shape index (κ1) is 16.6. The molecular weight excluding hydrogens is 276 g/mol. The van der Waals surface area contributed by atoms with Crippen molar-refractivity contribution in [2.45, 2.75) is 32.0 Å². The molecule has 0 radical (unpaired) electrons. The highest BCUT2D eigenvalue weighted by atomic mass is 16.4. The SMILES string of the molecule is CC(NCc1ccncc1)C(=O)NC(CC(N)=O)C(=O)O. The predicted molar refractivity (Wildman–Crippen MR) is 73.9 cm³/mol. The van der Waals surface area contributed by atoms with E-state index < -0.39 is 36.3 Å². The van der Waals surface area contributed by atoms with Crippen molar-refractivity contribution in [3.63, 3.8) is 0 Å². The van der Waals surface area contributed by atoms with Crippen molar-refractivity contribution in [3.05, 3.63) is 30.1 Å². The Labute approximate surface area is 121 Å². The molecule has 1 rings (SSSR count). The van der Waals surface area contributed by atoms with E-state index in [2.05, 4.69) is 15.6 Å². The second-order valence-corrected chi connectivity index (χ2v) is 4.53. The molecule has 5 N–H and O–H groups in total. The normalized spacial score (nSPS) is 13.2. The van der Waals surface area contributed by atoms with Crippen molar-refractivity contribution in [1.29, 1.82) is 0 Å². The number of nitrogens with zero attached hydrogens (tertiary/aromatic N) is 1. The van der Waals surface area contributed by atoms with Crippen LogP contribution >= 0.6 is 0 Å². The fraction of sp³-hybridized carbons (Fsp3) is 0.385. The number of pyridine rings is 1. The van der Waals surface area contributed by atoms with Gasteiger partial charge < -0.3 is 21.5 Å². The van der Waals surface area contributed by atoms with E-state index in [0.29, 0.717) is 6.54 Å². The van der Waals surface area contributed by atoms with Gasteiger partial charge in [0.05, 0.1) is 12.5 Å². The summed E-state index contributed by atoms with van der Waals surface area (Å²) in [4.78, 5) is 37.4. The molecule has 114 valence electrons. The Morgan fingerprint density at radius 2 is 1.95 bits per heavy atom. The molecule has 0 aromatic carbocycles. The van der Waals surface area contributed by atoms with Gasteiger partial charge in [-0.15, -0.1) is 0 Å². The Bertz CT molecular complexity index is 506. The minimum atomic E-state index is -1.32. The highest BCUT2D eigenvalue weighted by Crippen LogP contribution is 1.98. The molecule has 2 amide bonds. The van der Waals surface area contributed by atoms with Gasteiger partial charge in [-0.25, -0.2) is 4.79 Å². The molecule has 0 aliphatic heterocycles. The number of nitrogens with two attached hydrogens (primary N) is 1. The van der Waals surface area contributed by atoms with Crippen LogP contribution in [0.2, 0.25) is 0 Å². The Hall–Kier alpha value is -2.48. The van der Waals surface area contributed by atoms with Crippen LogP contribution in [0, 0.1) is 0 Å². The zero-order valence-corrected chi connectivity index (χ0v) is 11.6. The number of carbonyl (C=O) groups excluding carboxylic acids is 2. The third-order valence-electron chi connectivity index (χ3n) is 2.77. The Balaban J connectivity index is 2.49. The van der Waals surface area contributed by atoms with Gasteiger partial charge in [-0.1, -0.05) is 0 Å². The van der Waals surface area contributed by atoms with Gasteiger partial charge in [-0.05, 0) is 24.6 Å². The quantitative estimate of drug-likeness (QED) is 0.486. The van der Waals surface area contributed by atoms with Gasteiger partial charge >= 0.3 is 5.97 Å². The van der Waals surface area contributed by atoms with Crippen molar-refractivity contribution < 1.29 is 19.5 Å². The number of carboxylic acid groups (broad SMARTS) is 1. The van der Waals surface area contributed by atoms with Gasteiger partial charge in [0.15, 0.2) is 0 Å². The topological polar surface area (TPSA) is 134 Å². The highest BCUT2D eigenvalue weighted by molar-refractivity contribution is 5.89. The smallest absolute Gasteiger partial charge is 0.326 e. The van der Waals surface area contributed by atoms with Gasteiger partial charge in [-0.3, -0.25) is 14.6 Å². The zero-order chi connectivity index (χ0) is 15.8. The van der Waals surface area contributed by atoms with Crippen molar-refractivity contribution in [1.82, 2.24) is 15.6 Å². The summed E-state index contributed by atoms with van der Waals surface area (Å²) in [5.41, 5.74) is 5.88. The van der Waals surface area contributed by atoms with Crippen LogP contribution in [0.15, 0.2) is 24.5 Å². The molecule has 8 heteroatoms. The molecule has 0 saturated heterocycles. The van der Waals surface area contributed by atoms with Crippen LogP contribution in [0.3, 0.4) is 0 Å². The third kappa shape index (κ3) is 6.00. The first-order chi connectivity index (χ1) is 9.90. The first-order valence-electron chi connectivity index (χ1n) is 6.34. The van der Waals surface area contributed by atoms with E-state index in [1.54, 1.807) is 31.5 Å². The summed E-state index contributed by atoms with van der Waals surface area (Å²) in [6.45, 7) is 2.03. The molecule has 8 nitrogen and oxygen atoms in total. The summed E-state index contributed by atoms with van der Waals surface area (Å²) in [7, 11) is 0. The van der Waals surface area contributed by atoms with Crippen LogP contribution in [0.1, 0.15) is 18.9 Å². The maximum atomic E-state index is 11.9. The van der Waals surface area contributed by atoms with Gasteiger partial charge in [-0.2, -0.15) is 0 Å². The number of rotatable bonds is 8. The molecule has 0 fully saturated rings. The van der Waals surface area contributed by atoms with E-state index in [0.717, 1.165) is 5.56 Å². The molecular formula is C13H18N4O4. The molecule has 1 aromatic rings. The van der Waals surface area contributed by atoms with Crippen LogP contribution in [0.25, 0.3) is 0 Å². The average molecular weight is 294 g/mol. The number of nitrogens with one attached hydrogen (secondary N) is 2. The van der Waals surface area contributed by atoms with E-state index in [-0.39, 0.29) is 0 Å². The van der Waals surface area contributed by atoms with E-state index in [1.165, 1.54) is 0 Å². The Kier molecular flexibility index (Phi) is 6.28. The predicted octanol–water partition coefficient (Wildman–Crippen LogP) is -0.995. The van der Waals surface area contributed by atoms with Gasteiger partial charge in [0.25, 0.3) is 0 Å². The van der Waals surface area contributed by atoms with Gasteiger partial charge in [0.2, 0.25) is 11.8 Å². The maximum Gasteiger partial charge on any atom is 0.326 e. The van der Waals surface area contributed by atoms with Crippen LogP contribution in [-0.2, 0) is 20.9 Å². The largest absolute Gasteiger partial charge is 0.480 e. The lowest BCUT2D eigenvalue weighted by molar-refractivity contribution is -0.143. The molecule has 0 aliphatic carbocycles. The third-order valence-corrected chi connectivity index (χ3v) is 2.77. The van der Waals surface area contributed by atoms with E-state index in [4.69, 9.17) is 10.8 Å². The molecule has 0 bridgehead atoms. The Morgan fingerprint density at radius 1 is 1.33 bits per heavy atom. The fourth-order valence-corrected chi connectivity index (χ4v) is 1.56. The molecule has 2 atom stereocenters. The number of carboxylic acids is 1. The summed E-state index contributed by atoms with van der Waals surface area (Å²) < 4.78 is 0. The number of carbonyl (C=O) groups is 3. The number of hydrogen-bond donors (Lipinski definition) is 4. The number of amides is 2. The lowest BCUT2D eigenvalue weighted by atomic mass is 10.1. The number of aliphatic carboxylic acids is 1. The molecule has 1 heterocycles. The summed E-state index contributed by atoms with van der Waals surface area (Å²) in [5.74, 6) is -2.61. The molecule has 0 aliphatic rings. The number of hydrogen-bond acceptors (Lipinski definition) is 5. The average Bonchev–Trinajstić information content (AvgIpc) is 2.44. The maximum absolute atomic E-state index is 11.9. The van der Waals surface area contributed by atoms with Crippen molar-refractivity contribution in [3.8, 4) is 0 Å². The van der Waals surface area contributed by atoms with Crippen molar-refractivity contribution in [2.24, 2.45) is 5.73 Å². The minimum absolute atomic E-state index is 0.435. The second kappa shape index (κ2) is 7.95. The monoisotopic (exact) mass is 294 g/mol. The summed E-state index contributed by atoms with van der Waals surface area (Å²) >= 11 is 0. The van der Waals surface area contributed by atoms with Crippen molar-refractivity contribution >= 4 is 17.8 Å². The lowest BCUT2D eigenvalue weighted by Gasteiger charge is -2.17. The molecule has 2 unspecified atom stereocenters. The van der Waals surface area contributed by atoms with Crippen LogP contribution < -0.4 is 16.4 Å². The molecule has 1 aromatic heterocycles. The van der Waals surface area contributed by atoms with Crippen LogP contribution in [0.5, 0.6) is 0 Å². The Morgan fingerprint density at radius 3 is 2.48 bits per heavy atom. The van der Waals surface area contributed by atoms with Crippen LogP contribution in [-0.4, -0.2) is 40.0 Å². The summed E-state index contributed by atoms with van der Waals surface area (Å²) in [6.07, 6.45) is 2.82. The second-order valence-electron chi connectivity index (χ2n) is 4.53. The first-order valence-corrected chi connectivity index (χ1v) is 6.34. The molecule has 0 saturated carbocycles. The van der Waals surface area contributed by atoms with E-state index in [9.17, 15) is 14.4 Å². The summed E-state index contributed by atoms with van der Waals surface area (Å²) in [5, 5.41) is 14.1. The standard InChI is InChI=1S/C13H18N4O4/c1-8(16-7-9-2-4-15-5-3-9)12(19)17-10(13(20)21)6-11(14)18/h2-5,8,10,16H,6-7H2,1H3,(H2,14,18)(H,17,19)(H,20,21). The fourth-order valence-electron chi connectivity index (χ4n) is 1.56. The van der Waals surface area contributed by atoms with Gasteiger partial charge in [0.1, 0.15) is 6.04 Å². The molecule has 21 heavy (non-hydrogen) atoms.